The van der Waals surface area contributed by atoms with Crippen LogP contribution in [0.1, 0.15) is 28.8 Å². The average Bonchev–Trinajstić information content (AvgIpc) is 2.96. The first-order chi connectivity index (χ1) is 7.48. The number of methoxy groups -OCH3 is 1. The molecule has 1 aliphatic carbocycles. The highest BCUT2D eigenvalue weighted by Crippen LogP contribution is 2.46. The third-order valence-electron chi connectivity index (χ3n) is 2.74. The van der Waals surface area contributed by atoms with Gasteiger partial charge in [0.05, 0.1) is 12.7 Å². The van der Waals surface area contributed by atoms with E-state index in [-0.39, 0.29) is 11.3 Å². The van der Waals surface area contributed by atoms with Gasteiger partial charge in [0.25, 0.3) is 0 Å². The van der Waals surface area contributed by atoms with E-state index in [2.05, 4.69) is 4.74 Å². The van der Waals surface area contributed by atoms with Crippen molar-refractivity contribution in [2.24, 2.45) is 0 Å². The van der Waals surface area contributed by atoms with Crippen LogP contribution < -0.4 is 4.74 Å². The van der Waals surface area contributed by atoms with Crippen molar-refractivity contribution in [3.05, 3.63) is 29.1 Å². The number of rotatable bonds is 3. The Balaban J connectivity index is 2.56. The highest BCUT2D eigenvalue weighted by Gasteiger charge is 2.43. The maximum Gasteiger partial charge on any atom is 0.339 e. The van der Waals surface area contributed by atoms with Gasteiger partial charge in [0, 0.05) is 0 Å². The molecule has 1 aliphatic rings. The lowest BCUT2D eigenvalue weighted by molar-refractivity contribution is 0.0691. The summed E-state index contributed by atoms with van der Waals surface area (Å²) in [5, 5.41) is 18.7. The molecule has 1 saturated carbocycles. The molecule has 16 heavy (non-hydrogen) atoms. The van der Waals surface area contributed by atoms with Crippen molar-refractivity contribution in [2.75, 3.05) is 7.11 Å². The zero-order valence-electron chi connectivity index (χ0n) is 8.66. The molecule has 1 aromatic rings. The van der Waals surface area contributed by atoms with Gasteiger partial charge in [0.1, 0.15) is 5.56 Å². The predicted molar refractivity (Wildman–Crippen MR) is 53.0 cm³/mol. The van der Waals surface area contributed by atoms with Gasteiger partial charge in [-0.05, 0) is 30.5 Å². The first-order valence-electron chi connectivity index (χ1n) is 4.81. The molecule has 0 saturated heterocycles. The molecule has 1 fully saturated rings. The van der Waals surface area contributed by atoms with Gasteiger partial charge in [-0.15, -0.1) is 0 Å². The molecule has 0 atom stereocenters. The monoisotopic (exact) mass is 226 g/mol. The molecule has 0 heterocycles. The van der Waals surface area contributed by atoms with Crippen molar-refractivity contribution in [2.45, 2.75) is 18.4 Å². The molecular weight excluding hydrogens is 215 g/mol. The second-order valence-corrected chi connectivity index (χ2v) is 3.88. The van der Waals surface area contributed by atoms with Crippen LogP contribution in [0.2, 0.25) is 0 Å². The first-order valence-corrected chi connectivity index (χ1v) is 4.81. The minimum absolute atomic E-state index is 0.266. The molecule has 0 amide bonds. The van der Waals surface area contributed by atoms with E-state index in [4.69, 9.17) is 5.11 Å². The number of benzene rings is 1. The summed E-state index contributed by atoms with van der Waals surface area (Å²) in [5.41, 5.74) is -1.03. The predicted octanol–water partition coefficient (Wildman–Crippen LogP) is 1.51. The Morgan fingerprint density at radius 1 is 1.50 bits per heavy atom. The molecule has 0 spiro atoms. The number of carbonyl (C=O) groups is 1. The van der Waals surface area contributed by atoms with E-state index in [0.29, 0.717) is 18.4 Å². The van der Waals surface area contributed by atoms with E-state index < -0.39 is 17.4 Å². The first kappa shape index (κ1) is 10.9. The Hall–Kier alpha value is -1.62. The standard InChI is InChI=1S/C11H11FO4/c1-16-9-7(10(13)14)4-6(5-8(9)12)11(15)2-3-11/h4-5,15H,2-3H2,1H3,(H,13,14). The zero-order chi connectivity index (χ0) is 11.9. The number of carboxylic acids is 1. The van der Waals surface area contributed by atoms with Crippen LogP contribution in [0.4, 0.5) is 4.39 Å². The van der Waals surface area contributed by atoms with Crippen LogP contribution in [0.15, 0.2) is 12.1 Å². The SMILES string of the molecule is COc1c(F)cc(C2(O)CC2)cc1C(=O)O. The quantitative estimate of drug-likeness (QED) is 0.819. The molecule has 0 bridgehead atoms. The lowest BCUT2D eigenvalue weighted by Gasteiger charge is -2.12. The third-order valence-corrected chi connectivity index (χ3v) is 2.74. The Morgan fingerprint density at radius 3 is 2.56 bits per heavy atom. The Kier molecular flexibility index (Phi) is 2.35. The van der Waals surface area contributed by atoms with Gasteiger partial charge in [0.2, 0.25) is 0 Å². The number of carboxylic acid groups (broad SMARTS) is 1. The summed E-state index contributed by atoms with van der Waals surface area (Å²) in [6, 6.07) is 2.38. The fourth-order valence-electron chi connectivity index (χ4n) is 1.64. The molecule has 0 aromatic heterocycles. The molecule has 0 unspecified atom stereocenters. The fourth-order valence-corrected chi connectivity index (χ4v) is 1.64. The molecule has 0 radical (unpaired) electrons. The van der Waals surface area contributed by atoms with Gasteiger partial charge in [-0.25, -0.2) is 9.18 Å². The summed E-state index contributed by atoms with van der Waals surface area (Å²) in [6.07, 6.45) is 1.05. The normalized spacial score (nSPS) is 16.9. The lowest BCUT2D eigenvalue weighted by Crippen LogP contribution is -2.10. The Labute approximate surface area is 91.3 Å². The summed E-state index contributed by atoms with van der Waals surface area (Å²) in [6.45, 7) is 0. The highest BCUT2D eigenvalue weighted by molar-refractivity contribution is 5.91. The number of hydrogen-bond acceptors (Lipinski definition) is 3. The lowest BCUT2D eigenvalue weighted by atomic mass is 10.0. The number of aliphatic hydroxyl groups is 1. The van der Waals surface area contributed by atoms with E-state index in [1.807, 2.05) is 0 Å². The summed E-state index contributed by atoms with van der Waals surface area (Å²) in [5.74, 6) is -2.35. The van der Waals surface area contributed by atoms with Gasteiger partial charge < -0.3 is 14.9 Å². The molecule has 5 heteroatoms. The zero-order valence-corrected chi connectivity index (χ0v) is 8.66. The van der Waals surface area contributed by atoms with Crippen LogP contribution in [0, 0.1) is 5.82 Å². The van der Waals surface area contributed by atoms with Crippen molar-refractivity contribution in [1.82, 2.24) is 0 Å². The van der Waals surface area contributed by atoms with E-state index >= 15 is 0 Å². The maximum atomic E-state index is 13.5. The van der Waals surface area contributed by atoms with E-state index in [0.717, 1.165) is 6.07 Å². The Morgan fingerprint density at radius 2 is 2.12 bits per heavy atom. The van der Waals surface area contributed by atoms with Crippen molar-refractivity contribution in [1.29, 1.82) is 0 Å². The summed E-state index contributed by atoms with van der Waals surface area (Å²) in [7, 11) is 1.20. The smallest absolute Gasteiger partial charge is 0.339 e. The summed E-state index contributed by atoms with van der Waals surface area (Å²) in [4.78, 5) is 10.9. The van der Waals surface area contributed by atoms with Crippen molar-refractivity contribution in [3.8, 4) is 5.75 Å². The number of aromatic carboxylic acids is 1. The van der Waals surface area contributed by atoms with Gasteiger partial charge in [-0.3, -0.25) is 0 Å². The Bertz CT molecular complexity index is 452. The van der Waals surface area contributed by atoms with Crippen LogP contribution in [-0.2, 0) is 5.60 Å². The minimum atomic E-state index is -1.28. The molecule has 2 N–H and O–H groups in total. The number of halogens is 1. The molecule has 0 aliphatic heterocycles. The van der Waals surface area contributed by atoms with E-state index in [9.17, 15) is 14.3 Å². The van der Waals surface area contributed by atoms with Crippen molar-refractivity contribution in [3.63, 3.8) is 0 Å². The van der Waals surface area contributed by atoms with Crippen LogP contribution in [0.3, 0.4) is 0 Å². The van der Waals surface area contributed by atoms with Crippen LogP contribution >= 0.6 is 0 Å². The van der Waals surface area contributed by atoms with E-state index in [1.54, 1.807) is 0 Å². The highest BCUT2D eigenvalue weighted by atomic mass is 19.1. The molecule has 1 aromatic carbocycles. The molecular formula is C11H11FO4. The fraction of sp³-hybridized carbons (Fsp3) is 0.364. The van der Waals surface area contributed by atoms with Crippen molar-refractivity contribution < 1.29 is 24.1 Å². The van der Waals surface area contributed by atoms with Crippen LogP contribution in [0.5, 0.6) is 5.75 Å². The third kappa shape index (κ3) is 1.63. The maximum absolute atomic E-state index is 13.5. The summed E-state index contributed by atoms with van der Waals surface area (Å²) < 4.78 is 18.2. The average molecular weight is 226 g/mol. The summed E-state index contributed by atoms with van der Waals surface area (Å²) >= 11 is 0. The molecule has 4 nitrogen and oxygen atoms in total. The minimum Gasteiger partial charge on any atom is -0.493 e. The second-order valence-electron chi connectivity index (χ2n) is 3.88. The van der Waals surface area contributed by atoms with Gasteiger partial charge in [0.15, 0.2) is 11.6 Å². The molecule has 2 rings (SSSR count). The topological polar surface area (TPSA) is 66.8 Å². The van der Waals surface area contributed by atoms with Crippen molar-refractivity contribution >= 4 is 5.97 Å². The largest absolute Gasteiger partial charge is 0.493 e. The van der Waals surface area contributed by atoms with E-state index in [1.165, 1.54) is 13.2 Å². The molecule has 86 valence electrons. The second kappa shape index (κ2) is 3.45. The van der Waals surface area contributed by atoms with Gasteiger partial charge in [-0.1, -0.05) is 0 Å². The van der Waals surface area contributed by atoms with Gasteiger partial charge >= 0.3 is 5.97 Å². The van der Waals surface area contributed by atoms with Gasteiger partial charge in [-0.2, -0.15) is 0 Å². The number of ether oxygens (including phenoxy) is 1. The van der Waals surface area contributed by atoms with Crippen LogP contribution in [-0.4, -0.2) is 23.3 Å². The van der Waals surface area contributed by atoms with Crippen LogP contribution in [0.25, 0.3) is 0 Å². The number of hydrogen-bond donors (Lipinski definition) is 2.